The Bertz CT molecular complexity index is 1280. The average molecular weight is 649 g/mol. The second-order valence-corrected chi connectivity index (χ2v) is 17.0. The summed E-state index contributed by atoms with van der Waals surface area (Å²) in [5.41, 5.74) is -2.10. The van der Waals surface area contributed by atoms with Gasteiger partial charge in [-0.1, -0.05) is 45.9 Å². The van der Waals surface area contributed by atoms with Crippen molar-refractivity contribution in [2.24, 2.45) is 44.8 Å². The maximum atomic E-state index is 14.4. The molecular weight excluding hydrogens is 592 g/mol. The van der Waals surface area contributed by atoms with Gasteiger partial charge in [0, 0.05) is 11.3 Å². The molecule has 0 amide bonds. The van der Waals surface area contributed by atoms with Crippen molar-refractivity contribution in [3.05, 3.63) is 23.8 Å². The molecule has 260 valence electrons. The van der Waals surface area contributed by atoms with Gasteiger partial charge in [0.25, 0.3) is 0 Å². The second-order valence-electron chi connectivity index (χ2n) is 17.0. The Hall–Kier alpha value is -1.37. The molecule has 1 aliphatic heterocycles. The Kier molecular flexibility index (Phi) is 8.30. The summed E-state index contributed by atoms with van der Waals surface area (Å²) >= 11 is 0. The van der Waals surface area contributed by atoms with Gasteiger partial charge in [0.05, 0.1) is 30.3 Å². The molecule has 10 heteroatoms. The highest BCUT2D eigenvalue weighted by Gasteiger charge is 2.71. The molecule has 0 aromatic heterocycles. The Balaban J connectivity index is 1.39. The summed E-state index contributed by atoms with van der Waals surface area (Å²) in [6.07, 6.45) is -0.0988. The zero-order chi connectivity index (χ0) is 33.8. The number of rotatable bonds is 4. The van der Waals surface area contributed by atoms with Gasteiger partial charge in [0.2, 0.25) is 6.29 Å². The van der Waals surface area contributed by atoms with Crippen LogP contribution in [0.2, 0.25) is 0 Å². The highest BCUT2D eigenvalue weighted by Crippen LogP contribution is 2.76. The third-order valence-corrected chi connectivity index (χ3v) is 15.2. The SMILES string of the molecule is C=C1CC[C@]2(C(=O)O[C@@H]3O[C@H](CO)[C@H](O)[C@H](O)[C@H]3O)CC[C@]3(C)C(=CC[C@@H]4[C@@]5(C)CC[C@H](O)[C@](C)(CO)[C@@H]5CC[C@]43C)[C@@H]2[C@]1(C)O. The molecule has 6 aliphatic rings. The number of hydrogen-bond donors (Lipinski definition) is 7. The first-order valence-corrected chi connectivity index (χ1v) is 17.3. The monoisotopic (exact) mass is 648 g/mol. The fourth-order valence-corrected chi connectivity index (χ4v) is 12.0. The van der Waals surface area contributed by atoms with E-state index in [0.29, 0.717) is 37.7 Å². The second kappa shape index (κ2) is 11.1. The third kappa shape index (κ3) is 4.33. The minimum absolute atomic E-state index is 0.0532. The van der Waals surface area contributed by atoms with Crippen molar-refractivity contribution in [2.75, 3.05) is 13.2 Å². The van der Waals surface area contributed by atoms with Crippen molar-refractivity contribution in [2.45, 2.75) is 135 Å². The van der Waals surface area contributed by atoms with E-state index >= 15 is 0 Å². The largest absolute Gasteiger partial charge is 0.432 e. The van der Waals surface area contributed by atoms with Crippen molar-refractivity contribution in [1.82, 2.24) is 0 Å². The Labute approximate surface area is 272 Å². The van der Waals surface area contributed by atoms with Crippen molar-refractivity contribution >= 4 is 5.97 Å². The predicted molar refractivity (Wildman–Crippen MR) is 168 cm³/mol. The number of aliphatic hydroxyl groups is 7. The molecule has 4 saturated carbocycles. The van der Waals surface area contributed by atoms with Crippen LogP contribution in [0.3, 0.4) is 0 Å². The van der Waals surface area contributed by atoms with E-state index in [0.717, 1.165) is 31.3 Å². The lowest BCUT2D eigenvalue weighted by Crippen LogP contribution is -2.68. The number of fused-ring (bicyclic) bond motifs is 7. The molecule has 0 bridgehead atoms. The Morgan fingerprint density at radius 3 is 2.28 bits per heavy atom. The molecule has 0 unspecified atom stereocenters. The topological polar surface area (TPSA) is 177 Å². The molecule has 0 aromatic rings. The predicted octanol–water partition coefficient (Wildman–Crippen LogP) is 2.36. The molecule has 1 heterocycles. The summed E-state index contributed by atoms with van der Waals surface area (Å²) in [6, 6.07) is 0. The van der Waals surface area contributed by atoms with Crippen LogP contribution >= 0.6 is 0 Å². The lowest BCUT2D eigenvalue weighted by molar-refractivity contribution is -0.298. The fourth-order valence-electron chi connectivity index (χ4n) is 12.0. The van der Waals surface area contributed by atoms with E-state index in [9.17, 15) is 40.5 Å². The van der Waals surface area contributed by atoms with Crippen LogP contribution in [0, 0.1) is 44.8 Å². The van der Waals surface area contributed by atoms with Gasteiger partial charge in [-0.3, -0.25) is 4.79 Å². The highest BCUT2D eigenvalue weighted by atomic mass is 16.7. The standard InChI is InChI=1S/C36H56O10/c1-19-9-14-36(30(43)46-29-27(42)26(41)25(40)21(17-37)45-29)16-15-33(4)20(28(36)35(19,6)44)7-8-23-31(2)12-11-24(39)32(3,18-38)22(31)10-13-34(23,33)5/h7,21-29,37-42,44H,1,8-18H2,2-6H3/t21-,22-,23-,24+,25+,26+,27-,28-,29+,31+,32-,33-,34-,35-,36+/m1/s1. The van der Waals surface area contributed by atoms with Crippen LogP contribution in [0.5, 0.6) is 0 Å². The van der Waals surface area contributed by atoms with E-state index in [1.807, 2.05) is 6.92 Å². The van der Waals surface area contributed by atoms with Crippen molar-refractivity contribution < 1.29 is 50.0 Å². The lowest BCUT2D eigenvalue weighted by atomic mass is 9.33. The molecule has 1 saturated heterocycles. The van der Waals surface area contributed by atoms with Gasteiger partial charge in [-0.05, 0) is 98.4 Å². The summed E-state index contributed by atoms with van der Waals surface area (Å²) in [7, 11) is 0. The molecule has 46 heavy (non-hydrogen) atoms. The molecule has 0 radical (unpaired) electrons. The van der Waals surface area contributed by atoms with Gasteiger partial charge in [-0.25, -0.2) is 0 Å². The van der Waals surface area contributed by atoms with Gasteiger partial charge < -0.3 is 45.2 Å². The fraction of sp³-hybridized carbons (Fsp3) is 0.861. The normalized spacial score (nSPS) is 55.3. The van der Waals surface area contributed by atoms with Crippen molar-refractivity contribution in [3.8, 4) is 0 Å². The van der Waals surface area contributed by atoms with Crippen molar-refractivity contribution in [3.63, 3.8) is 0 Å². The van der Waals surface area contributed by atoms with Gasteiger partial charge in [0.15, 0.2) is 0 Å². The number of aliphatic hydroxyl groups excluding tert-OH is 6. The van der Waals surface area contributed by atoms with E-state index in [1.54, 1.807) is 6.92 Å². The Morgan fingerprint density at radius 1 is 0.935 bits per heavy atom. The molecule has 0 aromatic carbocycles. The molecule has 7 N–H and O–H groups in total. The molecule has 5 fully saturated rings. The first kappa shape index (κ1) is 34.5. The maximum absolute atomic E-state index is 14.4. The number of carbonyl (C=O) groups is 1. The summed E-state index contributed by atoms with van der Waals surface area (Å²) in [4.78, 5) is 14.4. The van der Waals surface area contributed by atoms with Crippen LogP contribution in [-0.2, 0) is 14.3 Å². The summed E-state index contributed by atoms with van der Waals surface area (Å²) in [5, 5.41) is 74.8. The van der Waals surface area contributed by atoms with Gasteiger partial charge >= 0.3 is 5.97 Å². The molecular formula is C36H56O10. The van der Waals surface area contributed by atoms with E-state index < -0.39 is 71.7 Å². The van der Waals surface area contributed by atoms with Gasteiger partial charge in [-0.2, -0.15) is 0 Å². The van der Waals surface area contributed by atoms with Gasteiger partial charge in [0.1, 0.15) is 24.4 Å². The molecule has 5 aliphatic carbocycles. The third-order valence-electron chi connectivity index (χ3n) is 15.2. The summed E-state index contributed by atoms with van der Waals surface area (Å²) in [6.45, 7) is 14.3. The number of allylic oxidation sites excluding steroid dienone is 1. The van der Waals surface area contributed by atoms with E-state index in [1.165, 1.54) is 0 Å². The Morgan fingerprint density at radius 2 is 1.63 bits per heavy atom. The zero-order valence-electron chi connectivity index (χ0n) is 28.1. The van der Waals surface area contributed by atoms with Crippen molar-refractivity contribution in [1.29, 1.82) is 0 Å². The lowest BCUT2D eigenvalue weighted by Gasteiger charge is -2.71. The van der Waals surface area contributed by atoms with Crippen LogP contribution in [0.25, 0.3) is 0 Å². The number of esters is 1. The van der Waals surface area contributed by atoms with Crippen LogP contribution in [0.1, 0.15) is 92.4 Å². The summed E-state index contributed by atoms with van der Waals surface area (Å²) < 4.78 is 11.4. The minimum atomic E-state index is -1.72. The number of hydrogen-bond acceptors (Lipinski definition) is 10. The smallest absolute Gasteiger partial charge is 0.315 e. The molecule has 15 atom stereocenters. The summed E-state index contributed by atoms with van der Waals surface area (Å²) in [5.74, 6) is -0.840. The van der Waals surface area contributed by atoms with Crippen LogP contribution in [0.15, 0.2) is 23.8 Å². The van der Waals surface area contributed by atoms with Crippen LogP contribution in [-0.4, -0.2) is 97.3 Å². The minimum Gasteiger partial charge on any atom is -0.432 e. The average Bonchev–Trinajstić information content (AvgIpc) is 3.01. The van der Waals surface area contributed by atoms with E-state index in [4.69, 9.17) is 9.47 Å². The highest BCUT2D eigenvalue weighted by molar-refractivity contribution is 5.80. The first-order valence-electron chi connectivity index (χ1n) is 17.3. The number of ether oxygens (including phenoxy) is 2. The van der Waals surface area contributed by atoms with Gasteiger partial charge in [-0.15, -0.1) is 0 Å². The zero-order valence-corrected chi connectivity index (χ0v) is 28.1. The number of carbonyl (C=O) groups excluding carboxylic acids is 1. The molecule has 10 nitrogen and oxygen atoms in total. The quantitative estimate of drug-likeness (QED) is 0.177. The van der Waals surface area contributed by atoms with E-state index in [2.05, 4.69) is 33.4 Å². The molecule has 0 spiro atoms. The van der Waals surface area contributed by atoms with Crippen LogP contribution in [0.4, 0.5) is 0 Å². The molecule has 6 rings (SSSR count). The first-order chi connectivity index (χ1) is 21.4. The van der Waals surface area contributed by atoms with E-state index in [-0.39, 0.29) is 34.7 Å². The van der Waals surface area contributed by atoms with Crippen LogP contribution < -0.4 is 0 Å². The maximum Gasteiger partial charge on any atom is 0.315 e.